The molecule has 1 aromatic carbocycles. The summed E-state index contributed by atoms with van der Waals surface area (Å²) in [6.07, 6.45) is -0.186. The molecular weight excluding hydrogens is 290 g/mol. The predicted octanol–water partition coefficient (Wildman–Crippen LogP) is 1.45. The molecule has 0 saturated carbocycles. The fraction of sp³-hybridized carbons (Fsp3) is 0.182. The van der Waals surface area contributed by atoms with E-state index in [2.05, 4.69) is 15.9 Å². The molecular formula is C11H8BrNO4. The largest absolute Gasteiger partial charge is 0.481 e. The van der Waals surface area contributed by atoms with Gasteiger partial charge in [0.2, 0.25) is 0 Å². The Balaban J connectivity index is 2.34. The highest BCUT2D eigenvalue weighted by Crippen LogP contribution is 2.31. The second-order valence-electron chi connectivity index (χ2n) is 3.59. The van der Waals surface area contributed by atoms with Crippen molar-refractivity contribution >= 4 is 39.3 Å². The van der Waals surface area contributed by atoms with Crippen LogP contribution in [0.25, 0.3) is 0 Å². The summed E-state index contributed by atoms with van der Waals surface area (Å²) in [4.78, 5) is 35.0. The summed E-state index contributed by atoms with van der Waals surface area (Å²) in [5.74, 6) is -2.26. The maximum Gasteiger partial charge on any atom is 0.305 e. The van der Waals surface area contributed by atoms with Crippen molar-refractivity contribution in [3.05, 3.63) is 28.2 Å². The number of rotatable bonds is 3. The van der Waals surface area contributed by atoms with Gasteiger partial charge in [-0.25, -0.2) is 0 Å². The van der Waals surface area contributed by atoms with E-state index in [1.807, 2.05) is 0 Å². The molecule has 0 aromatic heterocycles. The molecule has 2 rings (SSSR count). The quantitative estimate of drug-likeness (QED) is 0.857. The predicted molar refractivity (Wildman–Crippen MR) is 63.1 cm³/mol. The van der Waals surface area contributed by atoms with E-state index >= 15 is 0 Å². The molecule has 0 aliphatic carbocycles. The number of hydrogen-bond donors (Lipinski definition) is 1. The van der Waals surface area contributed by atoms with Crippen LogP contribution in [0, 0.1) is 0 Å². The number of aliphatic carboxylic acids is 1. The molecule has 1 N–H and O–H groups in total. The van der Waals surface area contributed by atoms with E-state index < -0.39 is 17.7 Å². The number of carboxylic acid groups (broad SMARTS) is 1. The van der Waals surface area contributed by atoms with Gasteiger partial charge < -0.3 is 10.0 Å². The normalized spacial score (nSPS) is 14.1. The second kappa shape index (κ2) is 4.29. The molecule has 6 heteroatoms. The van der Waals surface area contributed by atoms with Crippen LogP contribution >= 0.6 is 15.9 Å². The standard InChI is InChI=1S/C11H8BrNO4/c12-6-1-2-8-7(5-6)10(16)11(17)13(8)4-3-9(14)15/h1-2,5H,3-4H2,(H,14,15). The van der Waals surface area contributed by atoms with Crippen molar-refractivity contribution < 1.29 is 19.5 Å². The van der Waals surface area contributed by atoms with Gasteiger partial charge in [0.05, 0.1) is 17.7 Å². The molecule has 0 spiro atoms. The van der Waals surface area contributed by atoms with Gasteiger partial charge in [0.1, 0.15) is 0 Å². The van der Waals surface area contributed by atoms with Crippen LogP contribution in [-0.2, 0) is 9.59 Å². The molecule has 0 bridgehead atoms. The van der Waals surface area contributed by atoms with E-state index in [1.165, 1.54) is 4.90 Å². The Labute approximate surface area is 105 Å². The lowest BCUT2D eigenvalue weighted by atomic mass is 10.1. The van der Waals surface area contributed by atoms with Gasteiger partial charge >= 0.3 is 5.97 Å². The van der Waals surface area contributed by atoms with Gasteiger partial charge in [-0.05, 0) is 18.2 Å². The first-order valence-corrected chi connectivity index (χ1v) is 5.67. The van der Waals surface area contributed by atoms with Crippen LogP contribution in [0.4, 0.5) is 5.69 Å². The maximum absolute atomic E-state index is 11.7. The van der Waals surface area contributed by atoms with Crippen molar-refractivity contribution in [2.75, 3.05) is 11.4 Å². The number of fused-ring (bicyclic) bond motifs is 1. The average Bonchev–Trinajstić information content (AvgIpc) is 2.50. The third-order valence-electron chi connectivity index (χ3n) is 2.48. The molecule has 0 radical (unpaired) electrons. The van der Waals surface area contributed by atoms with Crippen LogP contribution in [0.1, 0.15) is 16.8 Å². The summed E-state index contributed by atoms with van der Waals surface area (Å²) >= 11 is 3.22. The molecule has 88 valence electrons. The zero-order valence-corrected chi connectivity index (χ0v) is 10.2. The van der Waals surface area contributed by atoms with Gasteiger partial charge in [0.25, 0.3) is 11.7 Å². The van der Waals surface area contributed by atoms with E-state index in [0.29, 0.717) is 15.7 Å². The third-order valence-corrected chi connectivity index (χ3v) is 2.98. The second-order valence-corrected chi connectivity index (χ2v) is 4.51. The van der Waals surface area contributed by atoms with Crippen molar-refractivity contribution in [1.29, 1.82) is 0 Å². The summed E-state index contributed by atoms with van der Waals surface area (Å²) in [5.41, 5.74) is 0.791. The molecule has 1 aromatic rings. The topological polar surface area (TPSA) is 74.7 Å². The van der Waals surface area contributed by atoms with Gasteiger partial charge in [-0.15, -0.1) is 0 Å². The average molecular weight is 298 g/mol. The van der Waals surface area contributed by atoms with Gasteiger partial charge in [-0.1, -0.05) is 15.9 Å². The van der Waals surface area contributed by atoms with Gasteiger partial charge in [0.15, 0.2) is 0 Å². The number of carbonyl (C=O) groups excluding carboxylic acids is 2. The summed E-state index contributed by atoms with van der Waals surface area (Å²) in [5, 5.41) is 8.59. The van der Waals surface area contributed by atoms with E-state index in [-0.39, 0.29) is 13.0 Å². The van der Waals surface area contributed by atoms with Crippen LogP contribution in [0.2, 0.25) is 0 Å². The minimum absolute atomic E-state index is 0.00847. The van der Waals surface area contributed by atoms with Crippen molar-refractivity contribution in [2.45, 2.75) is 6.42 Å². The van der Waals surface area contributed by atoms with Crippen LogP contribution in [-0.4, -0.2) is 29.3 Å². The minimum Gasteiger partial charge on any atom is -0.481 e. The number of halogens is 1. The smallest absolute Gasteiger partial charge is 0.305 e. The molecule has 0 saturated heterocycles. The first kappa shape index (κ1) is 11.8. The molecule has 17 heavy (non-hydrogen) atoms. The third kappa shape index (κ3) is 2.08. The van der Waals surface area contributed by atoms with Crippen LogP contribution in [0.15, 0.2) is 22.7 Å². The molecule has 1 amide bonds. The van der Waals surface area contributed by atoms with Crippen LogP contribution < -0.4 is 4.90 Å². The zero-order chi connectivity index (χ0) is 12.6. The Morgan fingerprint density at radius 3 is 2.71 bits per heavy atom. The lowest BCUT2D eigenvalue weighted by Crippen LogP contribution is -2.31. The highest BCUT2D eigenvalue weighted by Gasteiger charge is 2.35. The highest BCUT2D eigenvalue weighted by atomic mass is 79.9. The Bertz CT molecular complexity index is 526. The van der Waals surface area contributed by atoms with Gasteiger partial charge in [-0.2, -0.15) is 0 Å². The lowest BCUT2D eigenvalue weighted by molar-refractivity contribution is -0.136. The van der Waals surface area contributed by atoms with Crippen molar-refractivity contribution in [2.24, 2.45) is 0 Å². The van der Waals surface area contributed by atoms with E-state index in [9.17, 15) is 14.4 Å². The Morgan fingerprint density at radius 2 is 2.06 bits per heavy atom. The minimum atomic E-state index is -1.00. The lowest BCUT2D eigenvalue weighted by Gasteiger charge is -2.14. The number of hydrogen-bond acceptors (Lipinski definition) is 3. The molecule has 0 unspecified atom stereocenters. The summed E-state index contributed by atoms with van der Waals surface area (Å²) in [6, 6.07) is 4.90. The maximum atomic E-state index is 11.7. The SMILES string of the molecule is O=C(O)CCN1C(=O)C(=O)c2cc(Br)ccc21. The van der Waals surface area contributed by atoms with Crippen molar-refractivity contribution in [3.8, 4) is 0 Å². The fourth-order valence-corrected chi connectivity index (χ4v) is 2.06. The van der Waals surface area contributed by atoms with Crippen LogP contribution in [0.3, 0.4) is 0 Å². The molecule has 1 heterocycles. The van der Waals surface area contributed by atoms with Gasteiger partial charge in [0, 0.05) is 11.0 Å². The Morgan fingerprint density at radius 1 is 1.35 bits per heavy atom. The first-order valence-electron chi connectivity index (χ1n) is 4.88. The zero-order valence-electron chi connectivity index (χ0n) is 8.64. The molecule has 5 nitrogen and oxygen atoms in total. The van der Waals surface area contributed by atoms with Crippen LogP contribution in [0.5, 0.6) is 0 Å². The van der Waals surface area contributed by atoms with E-state index in [1.54, 1.807) is 18.2 Å². The first-order chi connectivity index (χ1) is 8.00. The van der Waals surface area contributed by atoms with Gasteiger partial charge in [-0.3, -0.25) is 14.4 Å². The number of carboxylic acids is 1. The number of benzene rings is 1. The number of ketones is 1. The molecule has 1 aliphatic rings. The number of anilines is 1. The Kier molecular flexibility index (Phi) is 2.97. The summed E-state index contributed by atoms with van der Waals surface area (Å²) in [6.45, 7) is 0.00847. The molecule has 0 atom stereocenters. The highest BCUT2D eigenvalue weighted by molar-refractivity contribution is 9.10. The number of Topliss-reactive ketones (excluding diaryl/α,β-unsaturated/α-hetero) is 1. The van der Waals surface area contributed by atoms with E-state index in [0.717, 1.165) is 0 Å². The fourth-order valence-electron chi connectivity index (χ4n) is 1.70. The van der Waals surface area contributed by atoms with Crippen molar-refractivity contribution in [1.82, 2.24) is 0 Å². The number of carbonyl (C=O) groups is 3. The number of amides is 1. The molecule has 1 aliphatic heterocycles. The summed E-state index contributed by atoms with van der Waals surface area (Å²) in [7, 11) is 0. The molecule has 0 fully saturated rings. The number of nitrogens with zero attached hydrogens (tertiary/aromatic N) is 1. The van der Waals surface area contributed by atoms with Crippen molar-refractivity contribution in [3.63, 3.8) is 0 Å². The summed E-state index contributed by atoms with van der Waals surface area (Å²) < 4.78 is 0.706. The monoisotopic (exact) mass is 297 g/mol. The Hall–Kier alpha value is -1.69. The van der Waals surface area contributed by atoms with E-state index in [4.69, 9.17) is 5.11 Å².